The van der Waals surface area contributed by atoms with Gasteiger partial charge in [0.05, 0.1) is 5.02 Å². The van der Waals surface area contributed by atoms with Crippen LogP contribution in [0, 0.1) is 0 Å². The lowest BCUT2D eigenvalue weighted by Gasteiger charge is -2.24. The van der Waals surface area contributed by atoms with Gasteiger partial charge in [-0.25, -0.2) is 8.42 Å². The zero-order valence-electron chi connectivity index (χ0n) is 13.0. The van der Waals surface area contributed by atoms with Crippen LogP contribution in [0.5, 0.6) is 0 Å². The van der Waals surface area contributed by atoms with E-state index in [1.54, 1.807) is 16.4 Å². The third-order valence-corrected chi connectivity index (χ3v) is 7.07. The molecule has 2 heterocycles. The first-order valence-corrected chi connectivity index (χ1v) is 9.75. The minimum Gasteiger partial charge on any atom is -0.310 e. The molecule has 2 unspecified atom stereocenters. The maximum Gasteiger partial charge on any atom is 0.244 e. The minimum absolute atomic E-state index is 0.248. The number of hydrogen-bond donors (Lipinski definition) is 1. The molecule has 0 saturated carbocycles. The normalized spacial score (nSPS) is 26.4. The highest BCUT2D eigenvalue weighted by molar-refractivity contribution is 7.89. The topological polar surface area (TPSA) is 49.4 Å². The van der Waals surface area contributed by atoms with Crippen molar-refractivity contribution in [2.75, 3.05) is 13.1 Å². The van der Waals surface area contributed by atoms with Crippen LogP contribution in [0.1, 0.15) is 44.6 Å². The average molecular weight is 343 g/mol. The fourth-order valence-corrected chi connectivity index (χ4v) is 5.35. The summed E-state index contributed by atoms with van der Waals surface area (Å²) in [5.41, 5.74) is 0.998. The Morgan fingerprint density at radius 2 is 1.95 bits per heavy atom. The molecular weight excluding hydrogens is 320 g/mol. The van der Waals surface area contributed by atoms with Crippen molar-refractivity contribution in [3.05, 3.63) is 28.8 Å². The lowest BCUT2D eigenvalue weighted by molar-refractivity contribution is 0.383. The highest BCUT2D eigenvalue weighted by Gasteiger charge is 2.35. The summed E-state index contributed by atoms with van der Waals surface area (Å²) in [4.78, 5) is 0.248. The van der Waals surface area contributed by atoms with Crippen molar-refractivity contribution in [1.82, 2.24) is 9.62 Å². The van der Waals surface area contributed by atoms with E-state index in [-0.39, 0.29) is 16.9 Å². The Balaban J connectivity index is 1.94. The molecule has 6 heteroatoms. The molecule has 1 aromatic rings. The SMILES string of the molecule is CC(C)c1ccc(Cl)c(S(=O)(=O)N2CCC3CCC(C2)N3)c1. The summed E-state index contributed by atoms with van der Waals surface area (Å²) < 4.78 is 27.7. The monoisotopic (exact) mass is 342 g/mol. The molecule has 2 aliphatic heterocycles. The largest absolute Gasteiger partial charge is 0.310 e. The zero-order chi connectivity index (χ0) is 15.9. The minimum atomic E-state index is -3.53. The first kappa shape index (κ1) is 16.2. The number of sulfonamides is 1. The highest BCUT2D eigenvalue weighted by Crippen LogP contribution is 2.31. The van der Waals surface area contributed by atoms with Gasteiger partial charge in [0, 0.05) is 25.2 Å². The van der Waals surface area contributed by atoms with Crippen LogP contribution >= 0.6 is 11.6 Å². The van der Waals surface area contributed by atoms with Crippen LogP contribution in [-0.4, -0.2) is 37.9 Å². The molecule has 0 aromatic heterocycles. The van der Waals surface area contributed by atoms with Crippen LogP contribution in [0.3, 0.4) is 0 Å². The Morgan fingerprint density at radius 3 is 2.68 bits per heavy atom. The van der Waals surface area contributed by atoms with Crippen molar-refractivity contribution in [2.24, 2.45) is 0 Å². The number of nitrogens with zero attached hydrogens (tertiary/aromatic N) is 1. The van der Waals surface area contributed by atoms with Crippen molar-refractivity contribution >= 4 is 21.6 Å². The highest BCUT2D eigenvalue weighted by atomic mass is 35.5. The predicted molar refractivity (Wildman–Crippen MR) is 88.9 cm³/mol. The second-order valence-electron chi connectivity index (χ2n) is 6.63. The Morgan fingerprint density at radius 1 is 1.23 bits per heavy atom. The molecule has 22 heavy (non-hydrogen) atoms. The van der Waals surface area contributed by atoms with Gasteiger partial charge in [-0.05, 0) is 42.9 Å². The van der Waals surface area contributed by atoms with Crippen molar-refractivity contribution in [1.29, 1.82) is 0 Å². The van der Waals surface area contributed by atoms with Gasteiger partial charge in [-0.15, -0.1) is 0 Å². The molecule has 2 aliphatic rings. The van der Waals surface area contributed by atoms with Gasteiger partial charge in [0.25, 0.3) is 0 Å². The van der Waals surface area contributed by atoms with Crippen molar-refractivity contribution < 1.29 is 8.42 Å². The molecule has 0 radical (unpaired) electrons. The van der Waals surface area contributed by atoms with E-state index in [1.807, 2.05) is 6.07 Å². The van der Waals surface area contributed by atoms with Crippen LogP contribution in [0.4, 0.5) is 0 Å². The fraction of sp³-hybridized carbons (Fsp3) is 0.625. The molecule has 0 spiro atoms. The standard InChI is InChI=1S/C16H23ClN2O2S/c1-11(2)12-3-6-15(17)16(9-12)22(20,21)19-8-7-13-4-5-14(10-19)18-13/h3,6,9,11,13-14,18H,4-5,7-8,10H2,1-2H3. The number of hydrogen-bond acceptors (Lipinski definition) is 3. The molecule has 122 valence electrons. The summed E-state index contributed by atoms with van der Waals surface area (Å²) in [6, 6.07) is 6.07. The van der Waals surface area contributed by atoms with E-state index >= 15 is 0 Å². The number of benzene rings is 1. The van der Waals surface area contributed by atoms with E-state index < -0.39 is 10.0 Å². The van der Waals surface area contributed by atoms with Crippen LogP contribution in [0.15, 0.2) is 23.1 Å². The molecule has 1 aromatic carbocycles. The summed E-state index contributed by atoms with van der Waals surface area (Å²) in [7, 11) is -3.53. The molecule has 0 amide bonds. The second kappa shape index (κ2) is 6.11. The zero-order valence-corrected chi connectivity index (χ0v) is 14.6. The van der Waals surface area contributed by atoms with E-state index in [1.165, 1.54) is 0 Å². The van der Waals surface area contributed by atoms with Crippen molar-refractivity contribution in [3.8, 4) is 0 Å². The van der Waals surface area contributed by atoms with Gasteiger partial charge in [-0.3, -0.25) is 0 Å². The lowest BCUT2D eigenvalue weighted by atomic mass is 10.0. The van der Waals surface area contributed by atoms with Gasteiger partial charge < -0.3 is 5.32 Å². The Hall–Kier alpha value is -0.620. The molecular formula is C16H23ClN2O2S. The fourth-order valence-electron chi connectivity index (χ4n) is 3.35. The van der Waals surface area contributed by atoms with E-state index in [0.29, 0.717) is 24.2 Å². The third-order valence-electron chi connectivity index (χ3n) is 4.73. The Bertz CT molecular complexity index is 660. The molecule has 2 fully saturated rings. The van der Waals surface area contributed by atoms with Gasteiger partial charge in [0.15, 0.2) is 0 Å². The molecule has 3 rings (SSSR count). The van der Waals surface area contributed by atoms with Gasteiger partial charge in [0.1, 0.15) is 4.90 Å². The maximum absolute atomic E-state index is 13.0. The smallest absolute Gasteiger partial charge is 0.244 e. The predicted octanol–water partition coefficient (Wildman–Crippen LogP) is 2.98. The molecule has 2 saturated heterocycles. The summed E-state index contributed by atoms with van der Waals surface area (Å²) >= 11 is 6.20. The van der Waals surface area contributed by atoms with Crippen molar-refractivity contribution in [2.45, 2.75) is 56.0 Å². The van der Waals surface area contributed by atoms with E-state index in [9.17, 15) is 8.42 Å². The van der Waals surface area contributed by atoms with Gasteiger partial charge >= 0.3 is 0 Å². The number of rotatable bonds is 3. The molecule has 2 atom stereocenters. The van der Waals surface area contributed by atoms with Crippen LogP contribution in [0.2, 0.25) is 5.02 Å². The number of nitrogens with one attached hydrogen (secondary N) is 1. The molecule has 1 N–H and O–H groups in total. The Kier molecular flexibility index (Phi) is 4.52. The van der Waals surface area contributed by atoms with Crippen LogP contribution in [-0.2, 0) is 10.0 Å². The molecule has 0 aliphatic carbocycles. The van der Waals surface area contributed by atoms with E-state index in [2.05, 4.69) is 19.2 Å². The average Bonchev–Trinajstić information content (AvgIpc) is 2.77. The maximum atomic E-state index is 13.0. The van der Waals surface area contributed by atoms with Crippen LogP contribution < -0.4 is 5.32 Å². The first-order valence-electron chi connectivity index (χ1n) is 7.93. The summed E-state index contributed by atoms with van der Waals surface area (Å²) in [5, 5.41) is 3.82. The lowest BCUT2D eigenvalue weighted by Crippen LogP contribution is -2.39. The van der Waals surface area contributed by atoms with Gasteiger partial charge in [-0.1, -0.05) is 31.5 Å². The third kappa shape index (κ3) is 3.04. The first-order chi connectivity index (χ1) is 10.4. The van der Waals surface area contributed by atoms with Gasteiger partial charge in [0.2, 0.25) is 10.0 Å². The quantitative estimate of drug-likeness (QED) is 0.918. The van der Waals surface area contributed by atoms with Crippen LogP contribution in [0.25, 0.3) is 0 Å². The molecule has 4 nitrogen and oxygen atoms in total. The van der Waals surface area contributed by atoms with E-state index in [0.717, 1.165) is 24.8 Å². The second-order valence-corrected chi connectivity index (χ2v) is 8.95. The Labute approximate surface area is 137 Å². The summed E-state index contributed by atoms with van der Waals surface area (Å²) in [6.07, 6.45) is 3.08. The summed E-state index contributed by atoms with van der Waals surface area (Å²) in [6.45, 7) is 5.21. The van der Waals surface area contributed by atoms with E-state index in [4.69, 9.17) is 11.6 Å². The van der Waals surface area contributed by atoms with Crippen molar-refractivity contribution in [3.63, 3.8) is 0 Å². The number of fused-ring (bicyclic) bond motifs is 2. The molecule has 2 bridgehead atoms. The van der Waals surface area contributed by atoms with Gasteiger partial charge in [-0.2, -0.15) is 4.31 Å². The summed E-state index contributed by atoms with van der Waals surface area (Å²) in [5.74, 6) is 0.271. The number of halogens is 1.